The summed E-state index contributed by atoms with van der Waals surface area (Å²) < 4.78 is 11.2. The number of amides is 1. The smallest absolute Gasteiger partial charge is 0.345 e. The summed E-state index contributed by atoms with van der Waals surface area (Å²) >= 11 is 17.9. The van der Waals surface area contributed by atoms with Crippen LogP contribution in [0.4, 0.5) is 0 Å². The zero-order valence-electron chi connectivity index (χ0n) is 19.2. The van der Waals surface area contributed by atoms with Crippen LogP contribution in [0.1, 0.15) is 31.8 Å². The third-order valence-electron chi connectivity index (χ3n) is 5.04. The van der Waals surface area contributed by atoms with Gasteiger partial charge in [0.15, 0.2) is 0 Å². The van der Waals surface area contributed by atoms with Gasteiger partial charge >= 0.3 is 5.97 Å². The van der Waals surface area contributed by atoms with E-state index in [1.165, 1.54) is 18.3 Å². The summed E-state index contributed by atoms with van der Waals surface area (Å²) in [6, 6.07) is 25.3. The first-order valence-electron chi connectivity index (χ1n) is 11.0. The van der Waals surface area contributed by atoms with Gasteiger partial charge in [-0.3, -0.25) is 4.79 Å². The average molecular weight is 554 g/mol. The zero-order chi connectivity index (χ0) is 26.2. The maximum atomic E-state index is 12.7. The summed E-state index contributed by atoms with van der Waals surface area (Å²) in [6.07, 6.45) is 1.43. The van der Waals surface area contributed by atoms with Crippen molar-refractivity contribution in [3.8, 4) is 11.5 Å². The molecule has 186 valence electrons. The Bertz CT molecular complexity index is 1460. The number of carbonyl (C=O) groups is 2. The van der Waals surface area contributed by atoms with Crippen molar-refractivity contribution in [1.29, 1.82) is 0 Å². The number of nitrogens with zero attached hydrogens (tertiary/aromatic N) is 1. The van der Waals surface area contributed by atoms with E-state index in [2.05, 4.69) is 10.5 Å². The molecule has 0 spiro atoms. The van der Waals surface area contributed by atoms with Crippen molar-refractivity contribution >= 4 is 52.9 Å². The molecule has 0 heterocycles. The van der Waals surface area contributed by atoms with Crippen molar-refractivity contribution in [3.05, 3.63) is 128 Å². The van der Waals surface area contributed by atoms with Crippen molar-refractivity contribution in [2.24, 2.45) is 5.10 Å². The molecule has 0 aromatic heterocycles. The van der Waals surface area contributed by atoms with Crippen molar-refractivity contribution in [3.63, 3.8) is 0 Å². The van der Waals surface area contributed by atoms with Crippen molar-refractivity contribution in [2.45, 2.75) is 6.61 Å². The fourth-order valence-corrected chi connectivity index (χ4v) is 3.83. The van der Waals surface area contributed by atoms with Gasteiger partial charge in [-0.15, -0.1) is 0 Å². The highest BCUT2D eigenvalue weighted by molar-refractivity contribution is 6.36. The molecule has 0 bridgehead atoms. The molecule has 0 unspecified atom stereocenters. The van der Waals surface area contributed by atoms with Gasteiger partial charge in [0.2, 0.25) is 0 Å². The molecule has 9 heteroatoms. The first-order chi connectivity index (χ1) is 17.9. The van der Waals surface area contributed by atoms with Gasteiger partial charge in [0, 0.05) is 10.0 Å². The summed E-state index contributed by atoms with van der Waals surface area (Å²) in [7, 11) is 0. The molecule has 0 saturated heterocycles. The Labute approximate surface area is 228 Å². The highest BCUT2D eigenvalue weighted by atomic mass is 35.5. The topological polar surface area (TPSA) is 77.0 Å². The van der Waals surface area contributed by atoms with Gasteiger partial charge in [-0.05, 0) is 65.7 Å². The molecular weight excluding hydrogens is 535 g/mol. The minimum Gasteiger partial charge on any atom is -0.488 e. The largest absolute Gasteiger partial charge is 0.488 e. The van der Waals surface area contributed by atoms with Crippen LogP contribution in [0.3, 0.4) is 0 Å². The predicted octanol–water partition coefficient (Wildman–Crippen LogP) is 7.21. The number of ether oxygens (including phenoxy) is 2. The molecule has 4 aromatic rings. The summed E-state index contributed by atoms with van der Waals surface area (Å²) in [4.78, 5) is 25.2. The molecule has 0 fully saturated rings. The number of nitrogens with one attached hydrogen (secondary N) is 1. The van der Waals surface area contributed by atoms with Crippen LogP contribution in [-0.4, -0.2) is 18.1 Å². The summed E-state index contributed by atoms with van der Waals surface area (Å²) in [6.45, 7) is 0.275. The molecule has 0 aliphatic heterocycles. The number of hydrazone groups is 1. The van der Waals surface area contributed by atoms with Crippen LogP contribution in [0.25, 0.3) is 0 Å². The van der Waals surface area contributed by atoms with E-state index >= 15 is 0 Å². The fraction of sp³-hybridized carbons (Fsp3) is 0.0357. The Morgan fingerprint density at radius 1 is 0.811 bits per heavy atom. The van der Waals surface area contributed by atoms with E-state index in [0.717, 1.165) is 5.56 Å². The quantitative estimate of drug-likeness (QED) is 0.108. The van der Waals surface area contributed by atoms with Crippen LogP contribution >= 0.6 is 34.8 Å². The van der Waals surface area contributed by atoms with Crippen molar-refractivity contribution in [1.82, 2.24) is 5.43 Å². The summed E-state index contributed by atoms with van der Waals surface area (Å²) in [5.41, 5.74) is 4.52. The number of hydrogen-bond acceptors (Lipinski definition) is 5. The highest BCUT2D eigenvalue weighted by Gasteiger charge is 2.14. The van der Waals surface area contributed by atoms with Crippen molar-refractivity contribution < 1.29 is 19.1 Å². The summed E-state index contributed by atoms with van der Waals surface area (Å²) in [5, 5.41) is 5.26. The molecule has 6 nitrogen and oxygen atoms in total. The number of esters is 1. The second-order valence-electron chi connectivity index (χ2n) is 7.70. The number of halogens is 3. The lowest BCUT2D eigenvalue weighted by Gasteiger charge is -2.10. The number of hydrogen-bond donors (Lipinski definition) is 1. The van der Waals surface area contributed by atoms with Crippen LogP contribution in [0, 0.1) is 0 Å². The third-order valence-corrected chi connectivity index (χ3v) is 5.84. The van der Waals surface area contributed by atoms with Gasteiger partial charge in [-0.1, -0.05) is 71.2 Å². The van der Waals surface area contributed by atoms with E-state index in [1.54, 1.807) is 66.7 Å². The molecular formula is C28H19Cl3N2O4. The van der Waals surface area contributed by atoms with E-state index in [-0.39, 0.29) is 22.9 Å². The van der Waals surface area contributed by atoms with Gasteiger partial charge < -0.3 is 9.47 Å². The lowest BCUT2D eigenvalue weighted by Crippen LogP contribution is -2.18. The van der Waals surface area contributed by atoms with Crippen LogP contribution in [0.15, 0.2) is 96.1 Å². The lowest BCUT2D eigenvalue weighted by atomic mass is 10.2. The fourth-order valence-electron chi connectivity index (χ4n) is 3.22. The van der Waals surface area contributed by atoms with E-state index < -0.39 is 11.9 Å². The van der Waals surface area contributed by atoms with Crippen LogP contribution < -0.4 is 14.9 Å². The molecule has 0 aliphatic carbocycles. The predicted molar refractivity (Wildman–Crippen MR) is 145 cm³/mol. The molecule has 1 amide bonds. The lowest BCUT2D eigenvalue weighted by molar-refractivity contribution is 0.0734. The monoisotopic (exact) mass is 552 g/mol. The first kappa shape index (κ1) is 26.2. The second kappa shape index (κ2) is 12.4. The van der Waals surface area contributed by atoms with E-state index in [1.807, 2.05) is 12.1 Å². The Morgan fingerprint density at radius 2 is 1.57 bits per heavy atom. The highest BCUT2D eigenvalue weighted by Crippen LogP contribution is 2.23. The first-order valence-corrected chi connectivity index (χ1v) is 12.1. The van der Waals surface area contributed by atoms with Crippen LogP contribution in [-0.2, 0) is 6.61 Å². The van der Waals surface area contributed by atoms with E-state index in [9.17, 15) is 9.59 Å². The normalized spacial score (nSPS) is 10.8. The average Bonchev–Trinajstić information content (AvgIpc) is 2.88. The molecule has 0 aliphatic rings. The van der Waals surface area contributed by atoms with Gasteiger partial charge in [0.05, 0.1) is 22.4 Å². The number of para-hydroxylation sites is 1. The van der Waals surface area contributed by atoms with Gasteiger partial charge in [-0.2, -0.15) is 5.10 Å². The van der Waals surface area contributed by atoms with Crippen molar-refractivity contribution in [2.75, 3.05) is 0 Å². The molecule has 0 saturated carbocycles. The Hall–Kier alpha value is -3.84. The van der Waals surface area contributed by atoms with E-state index in [0.29, 0.717) is 26.9 Å². The van der Waals surface area contributed by atoms with Crippen LogP contribution in [0.5, 0.6) is 11.5 Å². The molecule has 0 radical (unpaired) electrons. The summed E-state index contributed by atoms with van der Waals surface area (Å²) in [5.74, 6) is -0.366. The molecule has 1 N–H and O–H groups in total. The molecule has 4 rings (SSSR count). The standard InChI is InChI=1S/C28H19Cl3N2O4/c29-20-10-8-18(9-11-20)17-36-26-7-2-1-6-24(26)27(34)33-32-16-19-4-3-5-22(14-19)37-28(35)23-13-12-21(30)15-25(23)31/h1-16H,17H2,(H,33,34)/b32-16+. The Morgan fingerprint density at radius 3 is 2.35 bits per heavy atom. The molecule has 0 atom stereocenters. The number of carbonyl (C=O) groups excluding carboxylic acids is 2. The number of rotatable bonds is 8. The Balaban J connectivity index is 1.38. The zero-order valence-corrected chi connectivity index (χ0v) is 21.4. The van der Waals surface area contributed by atoms with Crippen LogP contribution in [0.2, 0.25) is 15.1 Å². The maximum Gasteiger partial charge on any atom is 0.345 e. The van der Waals surface area contributed by atoms with Gasteiger partial charge in [-0.25, -0.2) is 10.2 Å². The Kier molecular flexibility index (Phi) is 8.80. The molecule has 4 aromatic carbocycles. The minimum absolute atomic E-state index is 0.189. The van der Waals surface area contributed by atoms with E-state index in [4.69, 9.17) is 44.3 Å². The third kappa shape index (κ3) is 7.33. The minimum atomic E-state index is -0.626. The second-order valence-corrected chi connectivity index (χ2v) is 8.98. The number of benzene rings is 4. The van der Waals surface area contributed by atoms with Gasteiger partial charge in [0.25, 0.3) is 5.91 Å². The maximum absolute atomic E-state index is 12.7. The van der Waals surface area contributed by atoms with Gasteiger partial charge in [0.1, 0.15) is 18.1 Å². The molecule has 37 heavy (non-hydrogen) atoms. The SMILES string of the molecule is O=C(Oc1cccc(/C=N/NC(=O)c2ccccc2OCc2ccc(Cl)cc2)c1)c1ccc(Cl)cc1Cl.